The first kappa shape index (κ1) is 14.9. The second-order valence-electron chi connectivity index (χ2n) is 5.66. The molecule has 5 nitrogen and oxygen atoms in total. The SMILES string of the molecule is O=C(c1cccnc1)N1CCc2noc(-c3ccc(Cl)cc3)c2C1. The number of hydrogen-bond donors (Lipinski definition) is 0. The number of aromatic nitrogens is 2. The molecule has 0 fully saturated rings. The maximum Gasteiger partial charge on any atom is 0.255 e. The molecule has 0 saturated carbocycles. The highest BCUT2D eigenvalue weighted by Gasteiger charge is 2.28. The predicted octanol–water partition coefficient (Wildman–Crippen LogP) is 3.59. The van der Waals surface area contributed by atoms with Gasteiger partial charge >= 0.3 is 0 Å². The summed E-state index contributed by atoms with van der Waals surface area (Å²) in [5.74, 6) is 0.669. The van der Waals surface area contributed by atoms with Gasteiger partial charge in [-0.2, -0.15) is 0 Å². The summed E-state index contributed by atoms with van der Waals surface area (Å²) in [5.41, 5.74) is 3.37. The van der Waals surface area contributed by atoms with E-state index in [1.807, 2.05) is 24.3 Å². The monoisotopic (exact) mass is 339 g/mol. The van der Waals surface area contributed by atoms with E-state index in [1.165, 1.54) is 0 Å². The molecule has 1 aromatic carbocycles. The van der Waals surface area contributed by atoms with Crippen molar-refractivity contribution in [3.63, 3.8) is 0 Å². The van der Waals surface area contributed by atoms with Gasteiger partial charge in [0.1, 0.15) is 0 Å². The number of rotatable bonds is 2. The summed E-state index contributed by atoms with van der Waals surface area (Å²) in [6, 6.07) is 11.0. The number of halogens is 1. The highest BCUT2D eigenvalue weighted by atomic mass is 35.5. The Bertz CT molecular complexity index is 875. The number of hydrogen-bond acceptors (Lipinski definition) is 4. The third-order valence-corrected chi connectivity index (χ3v) is 4.39. The topological polar surface area (TPSA) is 59.2 Å². The van der Waals surface area contributed by atoms with E-state index in [1.54, 1.807) is 29.4 Å². The van der Waals surface area contributed by atoms with Gasteiger partial charge in [-0.3, -0.25) is 9.78 Å². The van der Waals surface area contributed by atoms with E-state index in [0.717, 1.165) is 16.8 Å². The largest absolute Gasteiger partial charge is 0.356 e. The number of fused-ring (bicyclic) bond motifs is 1. The van der Waals surface area contributed by atoms with E-state index >= 15 is 0 Å². The van der Waals surface area contributed by atoms with Crippen molar-refractivity contribution >= 4 is 17.5 Å². The van der Waals surface area contributed by atoms with Crippen LogP contribution in [0.5, 0.6) is 0 Å². The second-order valence-corrected chi connectivity index (χ2v) is 6.10. The summed E-state index contributed by atoms with van der Waals surface area (Å²) < 4.78 is 5.53. The maximum atomic E-state index is 12.6. The lowest BCUT2D eigenvalue weighted by atomic mass is 10.0. The van der Waals surface area contributed by atoms with Crippen LogP contribution in [0.1, 0.15) is 21.6 Å². The molecule has 3 aromatic rings. The summed E-state index contributed by atoms with van der Waals surface area (Å²) in [6.45, 7) is 1.10. The highest BCUT2D eigenvalue weighted by molar-refractivity contribution is 6.30. The third kappa shape index (κ3) is 2.67. The van der Waals surface area contributed by atoms with Crippen molar-refractivity contribution in [1.82, 2.24) is 15.0 Å². The van der Waals surface area contributed by atoms with Gasteiger partial charge < -0.3 is 9.42 Å². The van der Waals surface area contributed by atoms with Crippen LogP contribution in [0.2, 0.25) is 5.02 Å². The minimum Gasteiger partial charge on any atom is -0.356 e. The number of nitrogens with zero attached hydrogens (tertiary/aromatic N) is 3. The lowest BCUT2D eigenvalue weighted by molar-refractivity contribution is 0.0734. The van der Waals surface area contributed by atoms with E-state index in [4.69, 9.17) is 16.1 Å². The first-order valence-electron chi connectivity index (χ1n) is 7.65. The van der Waals surface area contributed by atoms with Gasteiger partial charge in [0.2, 0.25) is 0 Å². The fourth-order valence-electron chi connectivity index (χ4n) is 2.89. The third-order valence-electron chi connectivity index (χ3n) is 4.14. The first-order valence-corrected chi connectivity index (χ1v) is 8.03. The number of carbonyl (C=O) groups excluding carboxylic acids is 1. The zero-order chi connectivity index (χ0) is 16.5. The molecule has 4 rings (SSSR count). The molecule has 0 saturated heterocycles. The smallest absolute Gasteiger partial charge is 0.255 e. The average molecular weight is 340 g/mol. The fraction of sp³-hybridized carbons (Fsp3) is 0.167. The van der Waals surface area contributed by atoms with Crippen LogP contribution in [0.25, 0.3) is 11.3 Å². The fourth-order valence-corrected chi connectivity index (χ4v) is 3.01. The Balaban J connectivity index is 1.64. The van der Waals surface area contributed by atoms with Crippen LogP contribution in [-0.2, 0) is 13.0 Å². The average Bonchev–Trinajstić information content (AvgIpc) is 3.05. The first-order chi connectivity index (χ1) is 11.7. The minimum atomic E-state index is -0.0305. The Morgan fingerprint density at radius 2 is 2.04 bits per heavy atom. The van der Waals surface area contributed by atoms with Gasteiger partial charge in [0.25, 0.3) is 5.91 Å². The van der Waals surface area contributed by atoms with Crippen LogP contribution in [0, 0.1) is 0 Å². The molecule has 0 bridgehead atoms. The van der Waals surface area contributed by atoms with Gasteiger partial charge in [-0.25, -0.2) is 0 Å². The quantitative estimate of drug-likeness (QED) is 0.716. The standard InChI is InChI=1S/C18H14ClN3O2/c19-14-5-3-12(4-6-14)17-15-11-22(9-7-16(15)21-24-17)18(23)13-2-1-8-20-10-13/h1-6,8,10H,7,9,11H2. The van der Waals surface area contributed by atoms with Gasteiger partial charge in [0, 0.05) is 41.5 Å². The van der Waals surface area contributed by atoms with Crippen LogP contribution in [-0.4, -0.2) is 27.5 Å². The number of benzene rings is 1. The Hall–Kier alpha value is -2.66. The molecule has 1 aliphatic heterocycles. The maximum absolute atomic E-state index is 12.6. The van der Waals surface area contributed by atoms with Crippen molar-refractivity contribution in [2.45, 2.75) is 13.0 Å². The molecule has 0 spiro atoms. The molecule has 0 radical (unpaired) electrons. The Kier molecular flexibility index (Phi) is 3.78. The second kappa shape index (κ2) is 6.09. The molecular weight excluding hydrogens is 326 g/mol. The summed E-state index contributed by atoms with van der Waals surface area (Å²) >= 11 is 5.94. The molecule has 0 aliphatic carbocycles. The Labute approximate surface area is 143 Å². The summed E-state index contributed by atoms with van der Waals surface area (Å²) in [4.78, 5) is 18.5. The van der Waals surface area contributed by atoms with Crippen molar-refractivity contribution < 1.29 is 9.32 Å². The Morgan fingerprint density at radius 1 is 1.21 bits per heavy atom. The molecule has 3 heterocycles. The van der Waals surface area contributed by atoms with Crippen LogP contribution in [0.15, 0.2) is 53.3 Å². The van der Waals surface area contributed by atoms with Gasteiger partial charge in [0.15, 0.2) is 5.76 Å². The van der Waals surface area contributed by atoms with Gasteiger partial charge in [-0.1, -0.05) is 16.8 Å². The normalized spacial score (nSPS) is 13.6. The molecule has 24 heavy (non-hydrogen) atoms. The zero-order valence-electron chi connectivity index (χ0n) is 12.8. The van der Waals surface area contributed by atoms with E-state index in [-0.39, 0.29) is 5.91 Å². The van der Waals surface area contributed by atoms with Crippen molar-refractivity contribution in [2.24, 2.45) is 0 Å². The lowest BCUT2D eigenvalue weighted by Gasteiger charge is -2.26. The van der Waals surface area contributed by atoms with Crippen molar-refractivity contribution in [3.05, 3.63) is 70.6 Å². The van der Waals surface area contributed by atoms with Crippen LogP contribution in [0.4, 0.5) is 0 Å². The van der Waals surface area contributed by atoms with Gasteiger partial charge in [-0.15, -0.1) is 0 Å². The molecule has 0 unspecified atom stereocenters. The molecule has 2 aromatic heterocycles. The number of pyridine rings is 1. The molecule has 1 amide bonds. The van der Waals surface area contributed by atoms with Crippen molar-refractivity contribution in [1.29, 1.82) is 0 Å². The highest BCUT2D eigenvalue weighted by Crippen LogP contribution is 2.31. The van der Waals surface area contributed by atoms with Crippen molar-refractivity contribution in [2.75, 3.05) is 6.54 Å². The van der Waals surface area contributed by atoms with E-state index in [2.05, 4.69) is 10.1 Å². The number of carbonyl (C=O) groups is 1. The van der Waals surface area contributed by atoms with E-state index in [9.17, 15) is 4.79 Å². The van der Waals surface area contributed by atoms with E-state index in [0.29, 0.717) is 35.9 Å². The molecule has 0 N–H and O–H groups in total. The lowest BCUT2D eigenvalue weighted by Crippen LogP contribution is -2.36. The predicted molar refractivity (Wildman–Crippen MR) is 89.6 cm³/mol. The molecule has 0 atom stereocenters. The van der Waals surface area contributed by atoms with Gasteiger partial charge in [-0.05, 0) is 36.4 Å². The number of amides is 1. The molecule has 6 heteroatoms. The molecule has 1 aliphatic rings. The summed E-state index contributed by atoms with van der Waals surface area (Å²) in [7, 11) is 0. The summed E-state index contributed by atoms with van der Waals surface area (Å²) in [6.07, 6.45) is 3.92. The minimum absolute atomic E-state index is 0.0305. The zero-order valence-corrected chi connectivity index (χ0v) is 13.5. The summed E-state index contributed by atoms with van der Waals surface area (Å²) in [5, 5.41) is 4.83. The van der Waals surface area contributed by atoms with Crippen LogP contribution in [0.3, 0.4) is 0 Å². The van der Waals surface area contributed by atoms with Crippen LogP contribution < -0.4 is 0 Å². The Morgan fingerprint density at radius 3 is 2.79 bits per heavy atom. The van der Waals surface area contributed by atoms with E-state index < -0.39 is 0 Å². The van der Waals surface area contributed by atoms with Crippen LogP contribution >= 0.6 is 11.6 Å². The molecule has 120 valence electrons. The van der Waals surface area contributed by atoms with Gasteiger partial charge in [0.05, 0.1) is 17.8 Å². The van der Waals surface area contributed by atoms with Crippen molar-refractivity contribution in [3.8, 4) is 11.3 Å². The molecular formula is C18H14ClN3O2.